The molecule has 0 aliphatic rings. The minimum absolute atomic E-state index is 0.0742. The molecular weight excluding hydrogens is 961 g/mol. The van der Waals surface area contributed by atoms with Crippen molar-refractivity contribution in [2.75, 3.05) is 13.2 Å². The summed E-state index contributed by atoms with van der Waals surface area (Å²) in [7, 11) is 0. The second-order valence-electron chi connectivity index (χ2n) is 23.8. The summed E-state index contributed by atoms with van der Waals surface area (Å²) >= 11 is 0. The number of rotatable bonds is 65. The maximum atomic E-state index is 12.9. The number of carbonyl (C=O) groups excluding carboxylic acids is 3. The molecule has 0 heterocycles. The zero-order chi connectivity index (χ0) is 56.4. The molecule has 0 amide bonds. The summed E-state index contributed by atoms with van der Waals surface area (Å²) in [6, 6.07) is 0. The molecule has 0 rings (SSSR count). The van der Waals surface area contributed by atoms with Gasteiger partial charge in [0, 0.05) is 19.3 Å². The first-order chi connectivity index (χ1) is 38.5. The Hall–Kier alpha value is -2.37. The van der Waals surface area contributed by atoms with E-state index in [1.807, 2.05) is 0 Å². The molecule has 1 atom stereocenters. The highest BCUT2D eigenvalue weighted by atomic mass is 16.6. The molecule has 6 heteroatoms. The van der Waals surface area contributed by atoms with E-state index in [0.29, 0.717) is 19.3 Å². The van der Waals surface area contributed by atoms with Crippen LogP contribution in [0.1, 0.15) is 387 Å². The Morgan fingerprint density at radius 1 is 0.256 bits per heavy atom. The predicted molar refractivity (Wildman–Crippen MR) is 339 cm³/mol. The molecule has 6 nitrogen and oxygen atoms in total. The Labute approximate surface area is 486 Å². The third-order valence-electron chi connectivity index (χ3n) is 15.8. The number of hydrogen-bond donors (Lipinski definition) is 0. The van der Waals surface area contributed by atoms with E-state index in [1.54, 1.807) is 0 Å². The van der Waals surface area contributed by atoms with Crippen LogP contribution in [0.5, 0.6) is 0 Å². The summed E-state index contributed by atoms with van der Waals surface area (Å²) < 4.78 is 16.9. The fourth-order valence-corrected chi connectivity index (χ4v) is 10.6. The maximum Gasteiger partial charge on any atom is 0.306 e. The molecule has 0 aromatic rings. The van der Waals surface area contributed by atoms with Gasteiger partial charge in [0.15, 0.2) is 6.10 Å². The first kappa shape index (κ1) is 75.6. The smallest absolute Gasteiger partial charge is 0.306 e. The molecule has 0 aromatic heterocycles. The van der Waals surface area contributed by atoms with Crippen LogP contribution in [0.3, 0.4) is 0 Å². The summed E-state index contributed by atoms with van der Waals surface area (Å²) in [5.74, 6) is -0.871. The monoisotopic (exact) mass is 1100 g/mol. The van der Waals surface area contributed by atoms with Crippen LogP contribution in [0.15, 0.2) is 36.5 Å². The van der Waals surface area contributed by atoms with Gasteiger partial charge in [-0.2, -0.15) is 0 Å². The highest BCUT2D eigenvalue weighted by molar-refractivity contribution is 5.71. The van der Waals surface area contributed by atoms with Crippen molar-refractivity contribution in [3.8, 4) is 0 Å². The van der Waals surface area contributed by atoms with Crippen LogP contribution in [-0.2, 0) is 28.6 Å². The van der Waals surface area contributed by atoms with Gasteiger partial charge in [-0.3, -0.25) is 14.4 Å². The molecule has 1 unspecified atom stereocenters. The van der Waals surface area contributed by atoms with Gasteiger partial charge in [-0.25, -0.2) is 0 Å². The Balaban J connectivity index is 4.06. The Morgan fingerprint density at radius 2 is 0.487 bits per heavy atom. The standard InChI is InChI=1S/C72H134O6/c1-4-7-10-13-16-19-22-24-26-28-30-31-32-33-34-35-36-37-38-39-40-41-42-43-45-46-48-50-53-56-59-62-65-71(74)77-68-69(67-76-70(73)64-61-58-55-52-21-18-15-12-9-6-3)78-72(75)66-63-60-57-54-51-49-47-44-29-27-25-23-20-17-14-11-8-5-2/h12,15,20,23,27,29,69H,4-11,13-14,16-19,21-22,24-26,28,30-68H2,1-3H3/b15-12-,23-20-,29-27-. The molecule has 0 radical (unpaired) electrons. The van der Waals surface area contributed by atoms with Crippen LogP contribution in [-0.4, -0.2) is 37.2 Å². The molecule has 0 aromatic carbocycles. The molecule has 458 valence electrons. The van der Waals surface area contributed by atoms with Gasteiger partial charge in [0.1, 0.15) is 13.2 Å². The lowest BCUT2D eigenvalue weighted by molar-refractivity contribution is -0.167. The topological polar surface area (TPSA) is 78.9 Å². The highest BCUT2D eigenvalue weighted by Gasteiger charge is 2.19. The van der Waals surface area contributed by atoms with Crippen molar-refractivity contribution in [2.45, 2.75) is 393 Å². The summed E-state index contributed by atoms with van der Waals surface area (Å²) in [4.78, 5) is 38.2. The van der Waals surface area contributed by atoms with Crippen molar-refractivity contribution < 1.29 is 28.6 Å². The van der Waals surface area contributed by atoms with Crippen LogP contribution in [0.4, 0.5) is 0 Å². The van der Waals surface area contributed by atoms with E-state index in [2.05, 4.69) is 57.2 Å². The molecule has 78 heavy (non-hydrogen) atoms. The number of allylic oxidation sites excluding steroid dienone is 6. The molecule has 0 aliphatic heterocycles. The molecule has 0 saturated heterocycles. The summed E-state index contributed by atoms with van der Waals surface area (Å²) in [5.41, 5.74) is 0. The van der Waals surface area contributed by atoms with E-state index in [-0.39, 0.29) is 31.1 Å². The Bertz CT molecular complexity index is 1300. The first-order valence-electron chi connectivity index (χ1n) is 35.0. The number of hydrogen-bond acceptors (Lipinski definition) is 6. The molecule has 0 bridgehead atoms. The van der Waals surface area contributed by atoms with E-state index in [4.69, 9.17) is 14.2 Å². The van der Waals surface area contributed by atoms with Gasteiger partial charge in [0.05, 0.1) is 0 Å². The molecule has 0 N–H and O–H groups in total. The molecule has 0 fully saturated rings. The fraction of sp³-hybridized carbons (Fsp3) is 0.875. The van der Waals surface area contributed by atoms with E-state index in [1.165, 1.54) is 263 Å². The van der Waals surface area contributed by atoms with Gasteiger partial charge in [0.25, 0.3) is 0 Å². The number of unbranched alkanes of at least 4 members (excludes halogenated alkanes) is 48. The lowest BCUT2D eigenvalue weighted by Gasteiger charge is -2.18. The van der Waals surface area contributed by atoms with Gasteiger partial charge < -0.3 is 14.2 Å². The fourth-order valence-electron chi connectivity index (χ4n) is 10.6. The lowest BCUT2D eigenvalue weighted by atomic mass is 10.0. The second kappa shape index (κ2) is 67.1. The summed E-state index contributed by atoms with van der Waals surface area (Å²) in [6.07, 6.45) is 83.4. The zero-order valence-corrected chi connectivity index (χ0v) is 52.7. The van der Waals surface area contributed by atoms with Crippen molar-refractivity contribution in [1.29, 1.82) is 0 Å². The predicted octanol–water partition coefficient (Wildman–Crippen LogP) is 23.9. The average Bonchev–Trinajstić information content (AvgIpc) is 3.44. The van der Waals surface area contributed by atoms with Crippen molar-refractivity contribution in [3.63, 3.8) is 0 Å². The van der Waals surface area contributed by atoms with E-state index in [0.717, 1.165) is 83.5 Å². The van der Waals surface area contributed by atoms with Crippen LogP contribution in [0, 0.1) is 0 Å². The van der Waals surface area contributed by atoms with Gasteiger partial charge in [-0.05, 0) is 70.6 Å². The van der Waals surface area contributed by atoms with E-state index < -0.39 is 6.10 Å². The largest absolute Gasteiger partial charge is 0.462 e. The third-order valence-corrected chi connectivity index (χ3v) is 15.8. The zero-order valence-electron chi connectivity index (χ0n) is 52.7. The molecule has 0 saturated carbocycles. The van der Waals surface area contributed by atoms with Crippen molar-refractivity contribution in [1.82, 2.24) is 0 Å². The Morgan fingerprint density at radius 3 is 0.782 bits per heavy atom. The maximum absolute atomic E-state index is 12.9. The van der Waals surface area contributed by atoms with E-state index >= 15 is 0 Å². The van der Waals surface area contributed by atoms with Crippen molar-refractivity contribution >= 4 is 17.9 Å². The van der Waals surface area contributed by atoms with Crippen LogP contribution in [0.25, 0.3) is 0 Å². The van der Waals surface area contributed by atoms with Gasteiger partial charge in [-0.1, -0.05) is 333 Å². The highest BCUT2D eigenvalue weighted by Crippen LogP contribution is 2.19. The minimum atomic E-state index is -0.778. The second-order valence-corrected chi connectivity index (χ2v) is 23.8. The van der Waals surface area contributed by atoms with Crippen LogP contribution < -0.4 is 0 Å². The van der Waals surface area contributed by atoms with Crippen LogP contribution in [0.2, 0.25) is 0 Å². The molecule has 0 spiro atoms. The third kappa shape index (κ3) is 64.5. The average molecular weight is 1100 g/mol. The summed E-state index contributed by atoms with van der Waals surface area (Å²) in [5, 5.41) is 0. The number of ether oxygens (including phenoxy) is 3. The van der Waals surface area contributed by atoms with Gasteiger partial charge >= 0.3 is 17.9 Å². The molecular formula is C72H134O6. The normalized spacial score (nSPS) is 12.2. The van der Waals surface area contributed by atoms with Crippen molar-refractivity contribution in [2.24, 2.45) is 0 Å². The van der Waals surface area contributed by atoms with E-state index in [9.17, 15) is 14.4 Å². The first-order valence-corrected chi connectivity index (χ1v) is 35.0. The summed E-state index contributed by atoms with van der Waals surface area (Å²) in [6.45, 7) is 6.61. The van der Waals surface area contributed by atoms with Crippen molar-refractivity contribution in [3.05, 3.63) is 36.5 Å². The van der Waals surface area contributed by atoms with Gasteiger partial charge in [-0.15, -0.1) is 0 Å². The molecule has 0 aliphatic carbocycles. The van der Waals surface area contributed by atoms with Gasteiger partial charge in [0.2, 0.25) is 0 Å². The quantitative estimate of drug-likeness (QED) is 0.0261. The SMILES string of the molecule is CCC/C=C\CCCCCCCC(=O)OCC(COC(=O)CCCCCCCCCCCCCCCCCCCCCCCCCCCCCCCCCC)OC(=O)CCCCCCCCC/C=C\C/C=C\CCCCCC. The number of carbonyl (C=O) groups is 3. The minimum Gasteiger partial charge on any atom is -0.462 e. The lowest BCUT2D eigenvalue weighted by Crippen LogP contribution is -2.30. The van der Waals surface area contributed by atoms with Crippen LogP contribution >= 0.6 is 0 Å². The number of esters is 3. The Kier molecular flexibility index (Phi) is 65.1.